The van der Waals surface area contributed by atoms with Crippen LogP contribution in [0.2, 0.25) is 0 Å². The second-order valence-electron chi connectivity index (χ2n) is 11.0. The number of piperidine rings is 1. The Hall–Kier alpha value is -3.88. The van der Waals surface area contributed by atoms with Crippen molar-refractivity contribution in [3.8, 4) is 11.3 Å². The molecule has 0 spiro atoms. The molecule has 2 aliphatic heterocycles. The average molecular weight is 518 g/mol. The highest BCUT2D eigenvalue weighted by Gasteiger charge is 2.28. The smallest absolute Gasteiger partial charge is 0.410 e. The Morgan fingerprint density at radius 1 is 0.789 bits per heavy atom. The van der Waals surface area contributed by atoms with Crippen LogP contribution in [0.3, 0.4) is 0 Å². The van der Waals surface area contributed by atoms with Gasteiger partial charge < -0.3 is 19.4 Å². The molecule has 3 aromatic rings. The first-order chi connectivity index (χ1) is 18.2. The van der Waals surface area contributed by atoms with Crippen molar-refractivity contribution >= 4 is 23.4 Å². The van der Waals surface area contributed by atoms with Gasteiger partial charge in [0.15, 0.2) is 0 Å². The van der Waals surface area contributed by atoms with E-state index in [4.69, 9.17) is 4.74 Å². The summed E-state index contributed by atoms with van der Waals surface area (Å²) in [5.74, 6) is -0.0596. The summed E-state index contributed by atoms with van der Waals surface area (Å²) >= 11 is 0. The second-order valence-corrected chi connectivity index (χ2v) is 11.0. The Labute approximate surface area is 222 Å². The lowest BCUT2D eigenvalue weighted by atomic mass is 10.1. The predicted octanol–water partition coefficient (Wildman–Crippen LogP) is 4.32. The monoisotopic (exact) mass is 517 g/mol. The van der Waals surface area contributed by atoms with Crippen molar-refractivity contribution in [3.05, 3.63) is 59.8 Å². The van der Waals surface area contributed by atoms with Gasteiger partial charge in [-0.3, -0.25) is 9.59 Å². The zero-order valence-electron chi connectivity index (χ0n) is 22.4. The van der Waals surface area contributed by atoms with Crippen LogP contribution in [0.15, 0.2) is 48.7 Å². The molecule has 2 saturated heterocycles. The van der Waals surface area contributed by atoms with E-state index in [1.54, 1.807) is 26.6 Å². The third-order valence-electron chi connectivity index (χ3n) is 7.04. The lowest BCUT2D eigenvalue weighted by molar-refractivity contribution is 0.0141. The van der Waals surface area contributed by atoms with E-state index in [0.29, 0.717) is 37.3 Å². The Morgan fingerprint density at radius 2 is 1.45 bits per heavy atom. The van der Waals surface area contributed by atoms with Gasteiger partial charge in [0.05, 0.1) is 23.0 Å². The van der Waals surface area contributed by atoms with Gasteiger partial charge in [-0.1, -0.05) is 18.2 Å². The van der Waals surface area contributed by atoms with Gasteiger partial charge in [-0.05, 0) is 64.3 Å². The second kappa shape index (κ2) is 10.5. The molecule has 4 heterocycles. The lowest BCUT2D eigenvalue weighted by Gasteiger charge is -2.35. The largest absolute Gasteiger partial charge is 0.444 e. The maximum absolute atomic E-state index is 13.3. The standard InChI is InChI=1S/C29H35N5O4/c1-29(2,3)38-28(37)33-17-15-32(16-18-33)26(35)22-10-7-9-21(19-22)24-11-8-12-25-23(20-30-34(24)25)27(36)31-13-5-4-6-14-31/h7-12,19-20H,4-6,13-18H2,1-3H3. The van der Waals surface area contributed by atoms with E-state index >= 15 is 0 Å². The number of aromatic nitrogens is 2. The van der Waals surface area contributed by atoms with Crippen LogP contribution < -0.4 is 0 Å². The molecule has 9 heteroatoms. The summed E-state index contributed by atoms with van der Waals surface area (Å²) in [6, 6.07) is 13.3. The summed E-state index contributed by atoms with van der Waals surface area (Å²) in [6.45, 7) is 8.84. The Morgan fingerprint density at radius 3 is 2.16 bits per heavy atom. The molecule has 0 bridgehead atoms. The molecule has 0 unspecified atom stereocenters. The lowest BCUT2D eigenvalue weighted by Crippen LogP contribution is -2.51. The van der Waals surface area contributed by atoms with Crippen LogP contribution >= 0.6 is 0 Å². The predicted molar refractivity (Wildman–Crippen MR) is 144 cm³/mol. The van der Waals surface area contributed by atoms with E-state index in [-0.39, 0.29) is 17.9 Å². The molecule has 9 nitrogen and oxygen atoms in total. The maximum atomic E-state index is 13.3. The third-order valence-corrected chi connectivity index (χ3v) is 7.04. The number of hydrogen-bond acceptors (Lipinski definition) is 5. The van der Waals surface area contributed by atoms with Crippen molar-refractivity contribution in [3.63, 3.8) is 0 Å². The molecule has 38 heavy (non-hydrogen) atoms. The van der Waals surface area contributed by atoms with Crippen LogP contribution in [0, 0.1) is 0 Å². The summed E-state index contributed by atoms with van der Waals surface area (Å²) in [5.41, 5.74) is 3.03. The van der Waals surface area contributed by atoms with Crippen LogP contribution in [0.4, 0.5) is 4.79 Å². The molecule has 2 fully saturated rings. The number of pyridine rings is 1. The SMILES string of the molecule is CC(C)(C)OC(=O)N1CCN(C(=O)c2cccc(-c3cccc4c(C(=O)N5CCCCC5)cnn34)c2)CC1. The maximum Gasteiger partial charge on any atom is 0.410 e. The van der Waals surface area contributed by atoms with Gasteiger partial charge in [-0.25, -0.2) is 9.31 Å². The highest BCUT2D eigenvalue weighted by molar-refractivity contribution is 6.01. The first kappa shape index (κ1) is 25.8. The minimum atomic E-state index is -0.552. The molecule has 1 aromatic carbocycles. The minimum Gasteiger partial charge on any atom is -0.444 e. The zero-order chi connectivity index (χ0) is 26.9. The molecule has 2 aromatic heterocycles. The Bertz CT molecular complexity index is 1340. The molecule has 3 amide bonds. The van der Waals surface area contributed by atoms with Crippen molar-refractivity contribution in [2.45, 2.75) is 45.6 Å². The highest BCUT2D eigenvalue weighted by atomic mass is 16.6. The molecule has 2 aliphatic rings. The quantitative estimate of drug-likeness (QED) is 0.516. The Balaban J connectivity index is 1.32. The van der Waals surface area contributed by atoms with Crippen LogP contribution in [-0.4, -0.2) is 87.1 Å². The van der Waals surface area contributed by atoms with Gasteiger partial charge in [0, 0.05) is 50.4 Å². The first-order valence-electron chi connectivity index (χ1n) is 13.3. The van der Waals surface area contributed by atoms with Crippen molar-refractivity contribution in [2.75, 3.05) is 39.3 Å². The van der Waals surface area contributed by atoms with Crippen LogP contribution in [-0.2, 0) is 4.74 Å². The van der Waals surface area contributed by atoms with E-state index in [9.17, 15) is 14.4 Å². The van der Waals surface area contributed by atoms with E-state index in [1.807, 2.05) is 62.1 Å². The first-order valence-corrected chi connectivity index (χ1v) is 13.3. The number of carbonyl (C=O) groups is 3. The highest BCUT2D eigenvalue weighted by Crippen LogP contribution is 2.25. The number of likely N-dealkylation sites (tertiary alicyclic amines) is 1. The molecule has 0 aliphatic carbocycles. The molecule has 0 N–H and O–H groups in total. The van der Waals surface area contributed by atoms with Crippen molar-refractivity contribution in [2.24, 2.45) is 0 Å². The molecule has 0 atom stereocenters. The number of rotatable bonds is 3. The number of benzene rings is 1. The minimum absolute atomic E-state index is 0.0197. The van der Waals surface area contributed by atoms with Gasteiger partial charge in [0.2, 0.25) is 0 Å². The number of ether oxygens (including phenoxy) is 1. The van der Waals surface area contributed by atoms with E-state index < -0.39 is 5.60 Å². The third kappa shape index (κ3) is 5.37. The zero-order valence-corrected chi connectivity index (χ0v) is 22.4. The summed E-state index contributed by atoms with van der Waals surface area (Å²) < 4.78 is 7.24. The van der Waals surface area contributed by atoms with Gasteiger partial charge in [-0.2, -0.15) is 5.10 Å². The fourth-order valence-corrected chi connectivity index (χ4v) is 5.07. The molecule has 0 saturated carbocycles. The normalized spacial score (nSPS) is 16.6. The van der Waals surface area contributed by atoms with E-state index in [2.05, 4.69) is 5.10 Å². The number of piperazine rings is 1. The van der Waals surface area contributed by atoms with Crippen molar-refractivity contribution < 1.29 is 19.1 Å². The number of carbonyl (C=O) groups excluding carboxylic acids is 3. The van der Waals surface area contributed by atoms with Crippen LogP contribution in [0.5, 0.6) is 0 Å². The fourth-order valence-electron chi connectivity index (χ4n) is 5.07. The number of amides is 3. The molecule has 5 rings (SSSR count). The Kier molecular flexibility index (Phi) is 7.10. The average Bonchev–Trinajstić information content (AvgIpc) is 3.36. The van der Waals surface area contributed by atoms with Crippen LogP contribution in [0.25, 0.3) is 16.8 Å². The topological polar surface area (TPSA) is 87.5 Å². The van der Waals surface area contributed by atoms with Crippen LogP contribution in [0.1, 0.15) is 60.7 Å². The molecule has 0 radical (unpaired) electrons. The molecule has 200 valence electrons. The van der Waals surface area contributed by atoms with E-state index in [1.165, 1.54) is 0 Å². The van der Waals surface area contributed by atoms with Gasteiger partial charge in [-0.15, -0.1) is 0 Å². The number of nitrogens with zero attached hydrogens (tertiary/aromatic N) is 5. The summed E-state index contributed by atoms with van der Waals surface area (Å²) in [4.78, 5) is 44.2. The van der Waals surface area contributed by atoms with Crippen molar-refractivity contribution in [1.82, 2.24) is 24.3 Å². The molecular weight excluding hydrogens is 482 g/mol. The van der Waals surface area contributed by atoms with Crippen molar-refractivity contribution in [1.29, 1.82) is 0 Å². The van der Waals surface area contributed by atoms with Gasteiger partial charge >= 0.3 is 6.09 Å². The summed E-state index contributed by atoms with van der Waals surface area (Å²) in [5, 5.41) is 4.55. The number of hydrogen-bond donors (Lipinski definition) is 0. The van der Waals surface area contributed by atoms with Gasteiger partial charge in [0.25, 0.3) is 11.8 Å². The molecular formula is C29H35N5O4. The van der Waals surface area contributed by atoms with Gasteiger partial charge in [0.1, 0.15) is 5.60 Å². The summed E-state index contributed by atoms with van der Waals surface area (Å²) in [6.07, 6.45) is 4.53. The summed E-state index contributed by atoms with van der Waals surface area (Å²) in [7, 11) is 0. The van der Waals surface area contributed by atoms with E-state index in [0.717, 1.165) is 49.1 Å². The fraction of sp³-hybridized carbons (Fsp3) is 0.448. The number of fused-ring (bicyclic) bond motifs is 1.